The van der Waals surface area contributed by atoms with E-state index in [1.54, 1.807) is 0 Å². The van der Waals surface area contributed by atoms with Gasteiger partial charge in [-0.1, -0.05) is 138 Å². The summed E-state index contributed by atoms with van der Waals surface area (Å²) in [5.74, 6) is 1.63. The van der Waals surface area contributed by atoms with Crippen LogP contribution in [0.3, 0.4) is 0 Å². The average molecular weight is 925 g/mol. The molecule has 0 saturated heterocycles. The average Bonchev–Trinajstić information content (AvgIpc) is 3.37. The number of fused-ring (bicyclic) bond motifs is 4. The van der Waals surface area contributed by atoms with Crippen LogP contribution in [0.15, 0.2) is 72.6 Å². The molecule has 5 heteroatoms. The van der Waals surface area contributed by atoms with Crippen molar-refractivity contribution in [3.05, 3.63) is 103 Å². The molecule has 0 fully saturated rings. The molecule has 2 aromatic heterocycles. The maximum Gasteiger partial charge on any atom is 0.162 e. The molecular weight excluding hydrogens is 859 g/mol. The van der Waals surface area contributed by atoms with Crippen molar-refractivity contribution in [2.75, 3.05) is 0 Å². The molecule has 295 valence electrons. The monoisotopic (exact) mass is 925 g/mol. The SMILES string of the molecule is CC(C)C(C(=O)/C=C(\O)C(C(C)C)C(C)C)C(C)C.[CH2-]c1c(-c2c3sc4cc(CC(C)(C)C)ccc4c3cc[n+]2[CH2-])cc(C(C)(C)C)c2ccccc12.[Ir]. The third-order valence-electron chi connectivity index (χ3n) is 10.5. The number of hydrogen-bond acceptors (Lipinski definition) is 3. The second-order valence-electron chi connectivity index (χ2n) is 18.8. The quantitative estimate of drug-likeness (QED) is 0.0693. The summed E-state index contributed by atoms with van der Waals surface area (Å²) in [5, 5.41) is 15.4. The van der Waals surface area contributed by atoms with E-state index in [9.17, 15) is 9.90 Å². The molecule has 54 heavy (non-hydrogen) atoms. The molecule has 0 aliphatic heterocycles. The zero-order chi connectivity index (χ0) is 39.7. The largest absolute Gasteiger partial charge is 0.512 e. The van der Waals surface area contributed by atoms with E-state index in [2.05, 4.69) is 172 Å². The van der Waals surface area contributed by atoms with Gasteiger partial charge in [-0.3, -0.25) is 4.79 Å². The normalized spacial score (nSPS) is 12.9. The first-order valence-corrected chi connectivity index (χ1v) is 20.4. The number of ketones is 1. The molecular formula is C49H66IrNO2S-. The zero-order valence-electron chi connectivity index (χ0n) is 35.5. The van der Waals surface area contributed by atoms with Gasteiger partial charge < -0.3 is 9.67 Å². The van der Waals surface area contributed by atoms with E-state index in [4.69, 9.17) is 0 Å². The molecule has 5 rings (SSSR count). The third kappa shape index (κ3) is 10.2. The van der Waals surface area contributed by atoms with Crippen molar-refractivity contribution in [2.45, 2.75) is 109 Å². The number of thiophene rings is 1. The summed E-state index contributed by atoms with van der Waals surface area (Å²) in [5.41, 5.74) is 6.42. The number of allylic oxidation sites excluding steroid dienone is 2. The number of benzene rings is 3. The Kier molecular flexibility index (Phi) is 14.9. The predicted octanol–water partition coefficient (Wildman–Crippen LogP) is 13.7. The molecule has 5 aromatic rings. The number of hydrogen-bond donors (Lipinski definition) is 1. The second kappa shape index (κ2) is 17.8. The van der Waals surface area contributed by atoms with Gasteiger partial charge in [0.15, 0.2) is 5.78 Å². The van der Waals surface area contributed by atoms with Gasteiger partial charge in [-0.2, -0.15) is 12.5 Å². The van der Waals surface area contributed by atoms with Gasteiger partial charge in [0.25, 0.3) is 0 Å². The Balaban J connectivity index is 0.000000338. The molecule has 0 amide bonds. The first-order valence-electron chi connectivity index (χ1n) is 19.6. The van der Waals surface area contributed by atoms with E-state index in [0.717, 1.165) is 17.7 Å². The molecule has 0 aliphatic carbocycles. The predicted molar refractivity (Wildman–Crippen MR) is 232 cm³/mol. The van der Waals surface area contributed by atoms with Crippen LogP contribution in [0.2, 0.25) is 0 Å². The molecule has 3 aromatic carbocycles. The van der Waals surface area contributed by atoms with Crippen molar-refractivity contribution in [2.24, 2.45) is 40.9 Å². The molecule has 0 aliphatic rings. The Morgan fingerprint density at radius 2 is 1.33 bits per heavy atom. The number of aliphatic hydroxyl groups is 1. The molecule has 0 spiro atoms. The van der Waals surface area contributed by atoms with Gasteiger partial charge in [-0.15, -0.1) is 34.4 Å². The molecule has 0 bridgehead atoms. The summed E-state index contributed by atoms with van der Waals surface area (Å²) in [6.45, 7) is 34.9. The van der Waals surface area contributed by atoms with Crippen LogP contribution >= 0.6 is 11.3 Å². The van der Waals surface area contributed by atoms with Crippen LogP contribution in [0.1, 0.15) is 114 Å². The van der Waals surface area contributed by atoms with Gasteiger partial charge in [0, 0.05) is 54.5 Å². The summed E-state index contributed by atoms with van der Waals surface area (Å²) >= 11 is 1.88. The number of carbonyl (C=O) groups excluding carboxylic acids is 1. The van der Waals surface area contributed by atoms with Crippen LogP contribution < -0.4 is 4.57 Å². The first-order chi connectivity index (χ1) is 24.5. The summed E-state index contributed by atoms with van der Waals surface area (Å²) in [4.78, 5) is 12.3. The number of aromatic nitrogens is 1. The van der Waals surface area contributed by atoms with Crippen molar-refractivity contribution in [1.29, 1.82) is 0 Å². The summed E-state index contributed by atoms with van der Waals surface area (Å²) in [6, 6.07) is 20.2. The Morgan fingerprint density at radius 3 is 1.85 bits per heavy atom. The van der Waals surface area contributed by atoms with Crippen LogP contribution in [-0.2, 0) is 36.7 Å². The van der Waals surface area contributed by atoms with E-state index in [0.29, 0.717) is 23.7 Å². The zero-order valence-corrected chi connectivity index (χ0v) is 38.7. The third-order valence-corrected chi connectivity index (χ3v) is 11.7. The summed E-state index contributed by atoms with van der Waals surface area (Å²) in [7, 11) is 4.39. The van der Waals surface area contributed by atoms with Crippen LogP contribution in [0, 0.1) is 54.9 Å². The number of carbonyl (C=O) groups is 1. The van der Waals surface area contributed by atoms with Crippen LogP contribution in [-0.4, -0.2) is 10.9 Å². The van der Waals surface area contributed by atoms with Crippen LogP contribution in [0.4, 0.5) is 0 Å². The number of pyridine rings is 1. The maximum absolute atomic E-state index is 12.3. The summed E-state index contributed by atoms with van der Waals surface area (Å²) in [6.07, 6.45) is 4.65. The van der Waals surface area contributed by atoms with Crippen molar-refractivity contribution in [1.82, 2.24) is 0 Å². The van der Waals surface area contributed by atoms with Crippen molar-refractivity contribution in [3.63, 3.8) is 0 Å². The van der Waals surface area contributed by atoms with Gasteiger partial charge in [0.2, 0.25) is 0 Å². The fourth-order valence-electron chi connectivity index (χ4n) is 8.36. The van der Waals surface area contributed by atoms with E-state index in [1.165, 1.54) is 53.7 Å². The van der Waals surface area contributed by atoms with Gasteiger partial charge in [-0.25, -0.2) is 0 Å². The minimum Gasteiger partial charge on any atom is -0.512 e. The van der Waals surface area contributed by atoms with Gasteiger partial charge in [-0.05, 0) is 69.4 Å². The first kappa shape index (κ1) is 45.3. The van der Waals surface area contributed by atoms with E-state index >= 15 is 0 Å². The smallest absolute Gasteiger partial charge is 0.162 e. The summed E-state index contributed by atoms with van der Waals surface area (Å²) < 4.78 is 4.64. The Morgan fingerprint density at radius 1 is 0.778 bits per heavy atom. The van der Waals surface area contributed by atoms with Crippen LogP contribution in [0.5, 0.6) is 0 Å². The fraction of sp³-hybridized carbons (Fsp3) is 0.469. The van der Waals surface area contributed by atoms with Crippen molar-refractivity contribution >= 4 is 48.1 Å². The molecule has 3 nitrogen and oxygen atoms in total. The Labute approximate surface area is 345 Å². The second-order valence-corrected chi connectivity index (χ2v) is 19.8. The van der Waals surface area contributed by atoms with E-state index in [1.807, 2.05) is 15.9 Å². The van der Waals surface area contributed by atoms with Crippen molar-refractivity contribution < 1.29 is 34.6 Å². The minimum atomic E-state index is -0.0119. The van der Waals surface area contributed by atoms with Gasteiger partial charge in [0.1, 0.15) is 0 Å². The molecule has 1 N–H and O–H groups in total. The van der Waals surface area contributed by atoms with Gasteiger partial charge in [0.05, 0.1) is 17.6 Å². The molecule has 1 radical (unpaired) electrons. The van der Waals surface area contributed by atoms with Gasteiger partial charge >= 0.3 is 0 Å². The number of aliphatic hydroxyl groups excluding tert-OH is 1. The Bertz CT molecular complexity index is 2090. The molecule has 0 saturated carbocycles. The fourth-order valence-corrected chi connectivity index (χ4v) is 9.69. The molecule has 0 atom stereocenters. The minimum absolute atomic E-state index is 0. The standard InChI is InChI=1S/C32H34NS.C17H32O2.Ir/c1-20-22-11-9-10-12-23(22)27(32(5,6)7)18-26(20)29-30-25(15-16-33(29)8)24-14-13-21(17-28(24)34-30)19-31(2,3)4;1-10(2)16(11(3)4)14(18)9-15(19)17(12(5)6)13(7)8;/h9-18H,1,8,19H2,2-7H3;9-13,16-18H,1-8H3;/q-1;;/b;14-9-;. The number of rotatable bonds is 9. The van der Waals surface area contributed by atoms with Crippen LogP contribution in [0.25, 0.3) is 42.2 Å². The molecule has 0 unspecified atom stereocenters. The van der Waals surface area contributed by atoms with E-state index < -0.39 is 0 Å². The maximum atomic E-state index is 12.3. The van der Waals surface area contributed by atoms with E-state index in [-0.39, 0.29) is 54.3 Å². The molecule has 2 heterocycles. The number of nitrogens with zero attached hydrogens (tertiary/aromatic N) is 1. The van der Waals surface area contributed by atoms with Crippen molar-refractivity contribution in [3.8, 4) is 11.3 Å². The topological polar surface area (TPSA) is 41.2 Å². The Hall–Kier alpha value is -3.11.